The second kappa shape index (κ2) is 6.22. The highest BCUT2D eigenvalue weighted by Crippen LogP contribution is 2.26. The van der Waals surface area contributed by atoms with Crippen LogP contribution in [0.3, 0.4) is 0 Å². The van der Waals surface area contributed by atoms with Gasteiger partial charge < -0.3 is 14.7 Å². The summed E-state index contributed by atoms with van der Waals surface area (Å²) in [7, 11) is 0. The lowest BCUT2D eigenvalue weighted by Crippen LogP contribution is -2.39. The number of carboxylic acids is 1. The number of hydrogen-bond donors (Lipinski definition) is 1. The van der Waals surface area contributed by atoms with Gasteiger partial charge in [-0.3, -0.25) is 0 Å². The molecule has 1 N–H and O–H groups in total. The van der Waals surface area contributed by atoms with Crippen LogP contribution in [-0.2, 0) is 4.74 Å². The molecule has 0 atom stereocenters. The van der Waals surface area contributed by atoms with E-state index in [1.807, 2.05) is 32.9 Å². The topological polar surface area (TPSA) is 66.8 Å². The molecule has 0 spiro atoms. The van der Waals surface area contributed by atoms with Crippen LogP contribution < -0.4 is 0 Å². The Labute approximate surface area is 130 Å². The molecule has 5 heteroatoms. The maximum Gasteiger partial charge on any atom is 0.410 e. The first-order chi connectivity index (χ1) is 10.3. The van der Waals surface area contributed by atoms with Gasteiger partial charge in [0.2, 0.25) is 0 Å². The summed E-state index contributed by atoms with van der Waals surface area (Å²) in [6, 6.07) is 6.93. The van der Waals surface area contributed by atoms with Crippen LogP contribution in [0.2, 0.25) is 0 Å². The zero-order valence-electron chi connectivity index (χ0n) is 13.1. The Hall–Kier alpha value is -2.30. The Morgan fingerprint density at radius 3 is 2.45 bits per heavy atom. The molecule has 0 aromatic heterocycles. The van der Waals surface area contributed by atoms with Gasteiger partial charge >= 0.3 is 12.1 Å². The molecule has 5 nitrogen and oxygen atoms in total. The molecule has 1 aromatic rings. The summed E-state index contributed by atoms with van der Waals surface area (Å²) in [5.74, 6) is -0.939. The van der Waals surface area contributed by atoms with Gasteiger partial charge in [-0.15, -0.1) is 0 Å². The lowest BCUT2D eigenvalue weighted by molar-refractivity contribution is 0.0270. The number of amides is 1. The van der Waals surface area contributed by atoms with Crippen molar-refractivity contribution < 1.29 is 19.4 Å². The zero-order valence-corrected chi connectivity index (χ0v) is 13.1. The van der Waals surface area contributed by atoms with Crippen molar-refractivity contribution in [3.8, 4) is 0 Å². The van der Waals surface area contributed by atoms with Gasteiger partial charge in [-0.1, -0.05) is 24.3 Å². The zero-order chi connectivity index (χ0) is 16.3. The van der Waals surface area contributed by atoms with Crippen molar-refractivity contribution in [2.24, 2.45) is 0 Å². The lowest BCUT2D eigenvalue weighted by atomic mass is 9.95. The van der Waals surface area contributed by atoms with Crippen molar-refractivity contribution >= 4 is 17.6 Å². The van der Waals surface area contributed by atoms with Crippen molar-refractivity contribution in [1.82, 2.24) is 4.90 Å². The number of benzene rings is 1. The predicted molar refractivity (Wildman–Crippen MR) is 83.8 cm³/mol. The molecule has 1 amide bonds. The molecule has 0 radical (unpaired) electrons. The molecule has 0 saturated carbocycles. The third-order valence-corrected chi connectivity index (χ3v) is 3.36. The fourth-order valence-corrected chi connectivity index (χ4v) is 2.36. The molecule has 0 bridgehead atoms. The van der Waals surface area contributed by atoms with Gasteiger partial charge in [0.25, 0.3) is 0 Å². The van der Waals surface area contributed by atoms with E-state index in [9.17, 15) is 14.7 Å². The third-order valence-electron chi connectivity index (χ3n) is 3.36. The van der Waals surface area contributed by atoms with E-state index in [1.54, 1.807) is 23.1 Å². The number of ether oxygens (including phenoxy) is 1. The average molecular weight is 303 g/mol. The summed E-state index contributed by atoms with van der Waals surface area (Å²) in [6.45, 7) is 6.45. The summed E-state index contributed by atoms with van der Waals surface area (Å²) in [5.41, 5.74) is 1.45. The van der Waals surface area contributed by atoms with E-state index in [2.05, 4.69) is 0 Å². The first kappa shape index (κ1) is 16.1. The maximum atomic E-state index is 12.0. The minimum Gasteiger partial charge on any atom is -0.478 e. The number of rotatable bonds is 2. The van der Waals surface area contributed by atoms with Crippen molar-refractivity contribution in [3.63, 3.8) is 0 Å². The summed E-state index contributed by atoms with van der Waals surface area (Å²) < 4.78 is 5.34. The Kier molecular flexibility index (Phi) is 4.54. The number of carbonyl (C=O) groups is 2. The molecule has 0 fully saturated rings. The molecule has 0 saturated heterocycles. The second-order valence-corrected chi connectivity index (χ2v) is 6.26. The average Bonchev–Trinajstić information content (AvgIpc) is 2.45. The molecule has 2 rings (SSSR count). The van der Waals surface area contributed by atoms with Gasteiger partial charge in [0, 0.05) is 13.1 Å². The number of carboxylic acid groups (broad SMARTS) is 1. The van der Waals surface area contributed by atoms with E-state index in [0.717, 1.165) is 11.1 Å². The van der Waals surface area contributed by atoms with Crippen LogP contribution in [0.15, 0.2) is 30.3 Å². The van der Waals surface area contributed by atoms with Crippen molar-refractivity contribution in [1.29, 1.82) is 0 Å². The molecular weight excluding hydrogens is 282 g/mol. The van der Waals surface area contributed by atoms with Crippen molar-refractivity contribution in [3.05, 3.63) is 41.5 Å². The normalized spacial score (nSPS) is 15.2. The first-order valence-corrected chi connectivity index (χ1v) is 7.27. The van der Waals surface area contributed by atoms with Crippen LogP contribution in [0.1, 0.15) is 43.1 Å². The van der Waals surface area contributed by atoms with Gasteiger partial charge in [0.1, 0.15) is 5.60 Å². The minimum absolute atomic E-state index is 0.291. The van der Waals surface area contributed by atoms with Gasteiger partial charge in [0.15, 0.2) is 0 Å². The Morgan fingerprint density at radius 1 is 1.23 bits per heavy atom. The minimum atomic E-state index is -0.939. The van der Waals surface area contributed by atoms with E-state index in [0.29, 0.717) is 25.1 Å². The van der Waals surface area contributed by atoms with Crippen LogP contribution in [0.5, 0.6) is 0 Å². The van der Waals surface area contributed by atoms with Crippen molar-refractivity contribution in [2.75, 3.05) is 13.1 Å². The summed E-state index contributed by atoms with van der Waals surface area (Å²) in [6.07, 6.45) is 2.17. The van der Waals surface area contributed by atoms with E-state index in [1.165, 1.54) is 0 Å². The quantitative estimate of drug-likeness (QED) is 0.909. The molecule has 118 valence electrons. The number of hydrogen-bond acceptors (Lipinski definition) is 3. The molecule has 22 heavy (non-hydrogen) atoms. The summed E-state index contributed by atoms with van der Waals surface area (Å²) in [4.78, 5) is 24.9. The monoisotopic (exact) mass is 303 g/mol. The SMILES string of the molecule is CC(C)(C)OC(=O)N1CC=C(c2ccccc2C(=O)O)CC1. The van der Waals surface area contributed by atoms with Crippen molar-refractivity contribution in [2.45, 2.75) is 32.8 Å². The van der Waals surface area contributed by atoms with Crippen LogP contribution in [0.25, 0.3) is 5.57 Å². The Morgan fingerprint density at radius 2 is 1.91 bits per heavy atom. The van der Waals surface area contributed by atoms with E-state index in [4.69, 9.17) is 4.74 Å². The third kappa shape index (κ3) is 3.87. The number of aromatic carboxylic acids is 1. The maximum absolute atomic E-state index is 12.0. The van der Waals surface area contributed by atoms with Crippen LogP contribution in [0, 0.1) is 0 Å². The second-order valence-electron chi connectivity index (χ2n) is 6.26. The molecular formula is C17H21NO4. The molecule has 0 unspecified atom stereocenters. The Bertz CT molecular complexity index is 613. The van der Waals surface area contributed by atoms with Gasteiger partial charge in [-0.25, -0.2) is 9.59 Å². The number of carbonyl (C=O) groups excluding carboxylic acids is 1. The lowest BCUT2D eigenvalue weighted by Gasteiger charge is -2.29. The van der Waals surface area contributed by atoms with Crippen LogP contribution >= 0.6 is 0 Å². The van der Waals surface area contributed by atoms with E-state index < -0.39 is 11.6 Å². The van der Waals surface area contributed by atoms with Crippen LogP contribution in [-0.4, -0.2) is 40.8 Å². The summed E-state index contributed by atoms with van der Waals surface area (Å²) >= 11 is 0. The largest absolute Gasteiger partial charge is 0.478 e. The highest BCUT2D eigenvalue weighted by molar-refractivity contribution is 5.94. The highest BCUT2D eigenvalue weighted by Gasteiger charge is 2.24. The molecule has 1 aromatic carbocycles. The summed E-state index contributed by atoms with van der Waals surface area (Å²) in [5, 5.41) is 9.25. The fraction of sp³-hybridized carbons (Fsp3) is 0.412. The fourth-order valence-electron chi connectivity index (χ4n) is 2.36. The first-order valence-electron chi connectivity index (χ1n) is 7.27. The highest BCUT2D eigenvalue weighted by atomic mass is 16.6. The van der Waals surface area contributed by atoms with E-state index in [-0.39, 0.29) is 6.09 Å². The Balaban J connectivity index is 2.12. The smallest absolute Gasteiger partial charge is 0.410 e. The molecule has 0 aliphatic carbocycles. The molecule has 1 aliphatic heterocycles. The standard InChI is InChI=1S/C17H21NO4/c1-17(2,3)22-16(21)18-10-8-12(9-11-18)13-6-4-5-7-14(13)15(19)20/h4-8H,9-11H2,1-3H3,(H,19,20). The predicted octanol–water partition coefficient (Wildman–Crippen LogP) is 3.41. The van der Waals surface area contributed by atoms with E-state index >= 15 is 0 Å². The number of nitrogens with zero attached hydrogens (tertiary/aromatic N) is 1. The van der Waals surface area contributed by atoms with Gasteiger partial charge in [0.05, 0.1) is 5.56 Å². The molecule has 1 heterocycles. The van der Waals surface area contributed by atoms with Crippen LogP contribution in [0.4, 0.5) is 4.79 Å². The van der Waals surface area contributed by atoms with Gasteiger partial charge in [-0.2, -0.15) is 0 Å². The molecule has 1 aliphatic rings. The van der Waals surface area contributed by atoms with Gasteiger partial charge in [-0.05, 0) is 44.4 Å².